The summed E-state index contributed by atoms with van der Waals surface area (Å²) >= 11 is 0. The average Bonchev–Trinajstić information content (AvgIpc) is 3.74. The number of fused-ring (bicyclic) bond motifs is 4. The molecule has 0 aliphatic carbocycles. The van der Waals surface area contributed by atoms with Crippen molar-refractivity contribution in [3.8, 4) is 39.1 Å². The van der Waals surface area contributed by atoms with E-state index in [0.29, 0.717) is 0 Å². The minimum Gasteiger partial charge on any atom is -0.310 e. The van der Waals surface area contributed by atoms with Gasteiger partial charge in [-0.1, -0.05) is 164 Å². The van der Waals surface area contributed by atoms with Crippen LogP contribution in [0.5, 0.6) is 0 Å². The van der Waals surface area contributed by atoms with Crippen LogP contribution in [0.4, 0.5) is 38.5 Å². The predicted molar refractivity (Wildman–Crippen MR) is 284 cm³/mol. The number of para-hydroxylation sites is 2. The molecule has 68 heavy (non-hydrogen) atoms. The molecule has 1 heterocycles. The topological polar surface area (TPSA) is 11.4 Å². The van der Waals surface area contributed by atoms with Crippen LogP contribution in [0.1, 0.15) is 0 Å². The zero-order valence-corrected chi connectivity index (χ0v) is 37.1. The molecule has 322 valence electrons. The van der Waals surface area contributed by atoms with Crippen LogP contribution in [-0.4, -0.2) is 4.57 Å². The van der Waals surface area contributed by atoms with Crippen LogP contribution in [-0.2, 0) is 0 Å². The molecule has 0 atom stereocenters. The zero-order chi connectivity index (χ0) is 45.4. The third-order valence-electron chi connectivity index (χ3n) is 13.1. The van der Waals surface area contributed by atoms with E-state index in [4.69, 9.17) is 0 Å². The molecule has 0 amide bonds. The Morgan fingerprint density at radius 1 is 0.279 bits per heavy atom. The van der Waals surface area contributed by atoms with Crippen molar-refractivity contribution in [1.29, 1.82) is 0 Å². The van der Waals surface area contributed by atoms with Crippen LogP contribution >= 0.6 is 0 Å². The minimum absolute atomic E-state index is 0.271. The highest BCUT2D eigenvalue weighted by molar-refractivity contribution is 6.11. The molecule has 0 saturated carbocycles. The third-order valence-corrected chi connectivity index (χ3v) is 13.1. The van der Waals surface area contributed by atoms with Crippen molar-refractivity contribution in [2.45, 2.75) is 0 Å². The summed E-state index contributed by atoms with van der Waals surface area (Å²) in [6.45, 7) is 0. The van der Waals surface area contributed by atoms with Crippen molar-refractivity contribution in [3.63, 3.8) is 0 Å². The molecule has 0 aliphatic heterocycles. The summed E-state index contributed by atoms with van der Waals surface area (Å²) in [7, 11) is 0. The molecular formula is C64H44FN3. The van der Waals surface area contributed by atoms with Gasteiger partial charge in [0.1, 0.15) is 5.82 Å². The fourth-order valence-electron chi connectivity index (χ4n) is 9.81. The Balaban J connectivity index is 0.946. The van der Waals surface area contributed by atoms with Crippen LogP contribution in [0.15, 0.2) is 267 Å². The van der Waals surface area contributed by atoms with Gasteiger partial charge in [0.15, 0.2) is 0 Å². The van der Waals surface area contributed by atoms with Gasteiger partial charge in [0.2, 0.25) is 0 Å². The second-order valence-electron chi connectivity index (χ2n) is 17.1. The molecule has 3 nitrogen and oxygen atoms in total. The maximum atomic E-state index is 14.5. The van der Waals surface area contributed by atoms with Crippen LogP contribution in [0.2, 0.25) is 0 Å². The van der Waals surface area contributed by atoms with E-state index in [1.165, 1.54) is 39.8 Å². The lowest BCUT2D eigenvalue weighted by Gasteiger charge is -2.28. The Bertz CT molecular complexity index is 3620. The highest BCUT2D eigenvalue weighted by atomic mass is 19.1. The van der Waals surface area contributed by atoms with E-state index in [-0.39, 0.29) is 5.82 Å². The van der Waals surface area contributed by atoms with Gasteiger partial charge in [0.25, 0.3) is 0 Å². The number of aromatic nitrogens is 1. The number of anilines is 6. The predicted octanol–water partition coefficient (Wildman–Crippen LogP) is 18.0. The molecule has 12 rings (SSSR count). The average molecular weight is 874 g/mol. The molecule has 0 unspecified atom stereocenters. The first-order chi connectivity index (χ1) is 33.6. The van der Waals surface area contributed by atoms with Crippen LogP contribution in [0.3, 0.4) is 0 Å². The molecular weight excluding hydrogens is 830 g/mol. The van der Waals surface area contributed by atoms with E-state index in [2.05, 4.69) is 251 Å². The van der Waals surface area contributed by atoms with Crippen molar-refractivity contribution in [1.82, 2.24) is 4.57 Å². The van der Waals surface area contributed by atoms with E-state index in [0.717, 1.165) is 78.1 Å². The fourth-order valence-corrected chi connectivity index (χ4v) is 9.81. The van der Waals surface area contributed by atoms with E-state index in [9.17, 15) is 4.39 Å². The van der Waals surface area contributed by atoms with Gasteiger partial charge in [-0.3, -0.25) is 0 Å². The van der Waals surface area contributed by atoms with E-state index < -0.39 is 0 Å². The Hall–Kier alpha value is -8.99. The highest BCUT2D eigenvalue weighted by Gasteiger charge is 2.20. The first-order valence-electron chi connectivity index (χ1n) is 23.0. The molecule has 0 aliphatic rings. The lowest BCUT2D eigenvalue weighted by molar-refractivity contribution is 0.628. The molecule has 0 N–H and O–H groups in total. The van der Waals surface area contributed by atoms with Gasteiger partial charge in [0, 0.05) is 50.3 Å². The summed E-state index contributed by atoms with van der Waals surface area (Å²) in [5.41, 5.74) is 16.4. The van der Waals surface area contributed by atoms with Gasteiger partial charge in [-0.2, -0.15) is 0 Å². The second kappa shape index (κ2) is 17.4. The van der Waals surface area contributed by atoms with Gasteiger partial charge in [0.05, 0.1) is 16.7 Å². The molecule has 11 aromatic carbocycles. The van der Waals surface area contributed by atoms with Gasteiger partial charge in [-0.25, -0.2) is 4.39 Å². The van der Waals surface area contributed by atoms with Crippen molar-refractivity contribution < 1.29 is 4.39 Å². The minimum atomic E-state index is -0.271. The van der Waals surface area contributed by atoms with Gasteiger partial charge < -0.3 is 14.4 Å². The fraction of sp³-hybridized carbons (Fsp3) is 0. The lowest BCUT2D eigenvalue weighted by atomic mass is 9.95. The van der Waals surface area contributed by atoms with E-state index in [1.54, 1.807) is 0 Å². The van der Waals surface area contributed by atoms with Crippen molar-refractivity contribution in [3.05, 3.63) is 273 Å². The Morgan fingerprint density at radius 2 is 0.706 bits per heavy atom. The number of hydrogen-bond donors (Lipinski definition) is 0. The van der Waals surface area contributed by atoms with Gasteiger partial charge in [-0.15, -0.1) is 0 Å². The summed E-state index contributed by atoms with van der Waals surface area (Å²) in [5.74, 6) is -0.271. The number of halogens is 1. The Morgan fingerprint density at radius 3 is 1.29 bits per heavy atom. The van der Waals surface area contributed by atoms with Crippen molar-refractivity contribution >= 4 is 66.7 Å². The second-order valence-corrected chi connectivity index (χ2v) is 17.1. The van der Waals surface area contributed by atoms with Crippen LogP contribution in [0, 0.1) is 5.82 Å². The largest absolute Gasteiger partial charge is 0.310 e. The maximum absolute atomic E-state index is 14.5. The quantitative estimate of drug-likeness (QED) is 0.136. The summed E-state index contributed by atoms with van der Waals surface area (Å²) in [5, 5.41) is 4.61. The standard InChI is InChI=1S/C64H44FN3/c65-50-30-38-53(39-31-50)66(56-40-42-64-61(44-56)60-22-12-13-23-62(60)68(64)51-18-8-3-9-19-51)52-36-28-49(29-37-52)57-41-43-63(59-21-11-10-20-58(57)59)67(54-32-24-47(25-33-54)45-14-4-1-5-15-45)55-34-26-48(27-35-55)46-16-6-2-7-17-46/h1-44H. The summed E-state index contributed by atoms with van der Waals surface area (Å²) in [6, 6.07) is 93.2. The first kappa shape index (κ1) is 40.5. The Labute approximate surface area is 395 Å². The molecule has 4 heteroatoms. The molecule has 0 radical (unpaired) electrons. The molecule has 12 aromatic rings. The summed E-state index contributed by atoms with van der Waals surface area (Å²) < 4.78 is 16.8. The monoisotopic (exact) mass is 873 g/mol. The normalized spacial score (nSPS) is 11.3. The highest BCUT2D eigenvalue weighted by Crippen LogP contribution is 2.45. The first-order valence-corrected chi connectivity index (χ1v) is 23.0. The van der Waals surface area contributed by atoms with Gasteiger partial charge >= 0.3 is 0 Å². The zero-order valence-electron chi connectivity index (χ0n) is 37.1. The number of rotatable bonds is 10. The van der Waals surface area contributed by atoms with Crippen molar-refractivity contribution in [2.75, 3.05) is 9.80 Å². The molecule has 0 spiro atoms. The molecule has 0 bridgehead atoms. The third kappa shape index (κ3) is 7.44. The van der Waals surface area contributed by atoms with E-state index in [1.807, 2.05) is 18.2 Å². The van der Waals surface area contributed by atoms with Crippen molar-refractivity contribution in [2.24, 2.45) is 0 Å². The maximum Gasteiger partial charge on any atom is 0.123 e. The summed E-state index contributed by atoms with van der Waals surface area (Å²) in [4.78, 5) is 4.58. The molecule has 0 saturated heterocycles. The summed E-state index contributed by atoms with van der Waals surface area (Å²) in [6.07, 6.45) is 0. The lowest BCUT2D eigenvalue weighted by Crippen LogP contribution is -2.11. The smallest absolute Gasteiger partial charge is 0.123 e. The van der Waals surface area contributed by atoms with Crippen LogP contribution in [0.25, 0.3) is 71.6 Å². The SMILES string of the molecule is Fc1ccc(N(c2ccc(-c3ccc(N(c4ccc(-c5ccccc5)cc4)c4ccc(-c5ccccc5)cc4)c4ccccc34)cc2)c2ccc3c(c2)c2ccccc2n3-c2ccccc2)cc1. The number of nitrogens with zero attached hydrogens (tertiary/aromatic N) is 3. The number of hydrogen-bond acceptors (Lipinski definition) is 2. The molecule has 0 fully saturated rings. The van der Waals surface area contributed by atoms with E-state index >= 15 is 0 Å². The molecule has 1 aromatic heterocycles. The number of benzene rings is 11. The van der Waals surface area contributed by atoms with Crippen LogP contribution < -0.4 is 9.80 Å². The Kier molecular flexibility index (Phi) is 10.4. The van der Waals surface area contributed by atoms with Gasteiger partial charge in [-0.05, 0) is 142 Å².